The van der Waals surface area contributed by atoms with Gasteiger partial charge >= 0.3 is 0 Å². The van der Waals surface area contributed by atoms with Gasteiger partial charge in [0.25, 0.3) is 5.91 Å². The third kappa shape index (κ3) is 4.65. The molecule has 1 aromatic heterocycles. The fourth-order valence-corrected chi connectivity index (χ4v) is 4.61. The van der Waals surface area contributed by atoms with E-state index < -0.39 is 17.8 Å². The molecular weight excluding hydrogens is 481 g/mol. The summed E-state index contributed by atoms with van der Waals surface area (Å²) in [6, 6.07) is 20.8. The molecule has 0 saturated heterocycles. The molecule has 4 aromatic rings. The summed E-state index contributed by atoms with van der Waals surface area (Å²) in [5.74, 6) is 0.595. The lowest BCUT2D eigenvalue weighted by molar-refractivity contribution is -0.113. The molecule has 38 heavy (non-hydrogen) atoms. The maximum Gasteiger partial charge on any atom is 0.255 e. The number of nitrogens with zero attached hydrogens (tertiary/aromatic N) is 3. The lowest BCUT2D eigenvalue weighted by Gasteiger charge is -2.29. The Morgan fingerprint density at radius 2 is 1.71 bits per heavy atom. The highest BCUT2D eigenvalue weighted by molar-refractivity contribution is 6.06. The first-order valence-corrected chi connectivity index (χ1v) is 12.4. The molecule has 3 aromatic carbocycles. The van der Waals surface area contributed by atoms with Gasteiger partial charge in [-0.3, -0.25) is 4.79 Å². The Labute approximate surface area is 221 Å². The van der Waals surface area contributed by atoms with Gasteiger partial charge in [0, 0.05) is 16.8 Å². The van der Waals surface area contributed by atoms with E-state index in [1.807, 2.05) is 18.2 Å². The molecule has 8 heteroatoms. The lowest BCUT2D eigenvalue weighted by Crippen LogP contribution is -2.32. The summed E-state index contributed by atoms with van der Waals surface area (Å²) in [5, 5.41) is 10.9. The van der Waals surface area contributed by atoms with Crippen LogP contribution in [0.4, 0.5) is 16.0 Å². The van der Waals surface area contributed by atoms with Crippen LogP contribution in [-0.4, -0.2) is 27.8 Å². The van der Waals surface area contributed by atoms with E-state index in [1.165, 1.54) is 18.7 Å². The topological polar surface area (TPSA) is 81.1 Å². The Morgan fingerprint density at radius 1 is 1.03 bits per heavy atom. The second-order valence-electron chi connectivity index (χ2n) is 10.3. The van der Waals surface area contributed by atoms with Gasteiger partial charge in [0.2, 0.25) is 5.95 Å². The minimum Gasteiger partial charge on any atom is -0.495 e. The Balaban J connectivity index is 1.58. The molecule has 0 aliphatic carbocycles. The predicted molar refractivity (Wildman–Crippen MR) is 147 cm³/mol. The molecule has 194 valence electrons. The van der Waals surface area contributed by atoms with E-state index >= 15 is 4.39 Å². The molecule has 1 atom stereocenters. The number of amides is 1. The van der Waals surface area contributed by atoms with Gasteiger partial charge in [0.15, 0.2) is 5.82 Å². The number of ether oxygens (including phenoxy) is 1. The maximum absolute atomic E-state index is 15.2. The minimum atomic E-state index is -0.836. The molecule has 7 nitrogen and oxygen atoms in total. The second kappa shape index (κ2) is 9.78. The van der Waals surface area contributed by atoms with Crippen molar-refractivity contribution in [3.05, 3.63) is 101 Å². The first-order chi connectivity index (χ1) is 18.2. The lowest BCUT2D eigenvalue weighted by atomic mass is 9.87. The first-order valence-electron chi connectivity index (χ1n) is 12.4. The van der Waals surface area contributed by atoms with Gasteiger partial charge in [0.1, 0.15) is 17.6 Å². The molecule has 0 fully saturated rings. The molecule has 0 radical (unpaired) electrons. The molecule has 1 unspecified atom stereocenters. The molecule has 1 aliphatic heterocycles. The summed E-state index contributed by atoms with van der Waals surface area (Å²) in [6.45, 7) is 8.25. The van der Waals surface area contributed by atoms with E-state index in [1.54, 1.807) is 48.0 Å². The molecule has 1 amide bonds. The van der Waals surface area contributed by atoms with Gasteiger partial charge < -0.3 is 15.4 Å². The van der Waals surface area contributed by atoms with Crippen molar-refractivity contribution in [3.63, 3.8) is 0 Å². The number of halogens is 1. The van der Waals surface area contributed by atoms with Crippen molar-refractivity contribution in [2.45, 2.75) is 39.2 Å². The van der Waals surface area contributed by atoms with Crippen molar-refractivity contribution in [1.82, 2.24) is 14.8 Å². The van der Waals surface area contributed by atoms with E-state index in [-0.39, 0.29) is 5.41 Å². The zero-order chi connectivity index (χ0) is 27.0. The Kier molecular flexibility index (Phi) is 6.48. The van der Waals surface area contributed by atoms with Gasteiger partial charge in [-0.25, -0.2) is 9.07 Å². The van der Waals surface area contributed by atoms with Crippen LogP contribution in [0.2, 0.25) is 0 Å². The van der Waals surface area contributed by atoms with Crippen LogP contribution in [0.3, 0.4) is 0 Å². The SMILES string of the molecule is COc1ccccc1NC(=O)C1=C(C)Nc2nc(-c3ccc(C(C)(C)C)cc3)nn2C1c1ccccc1F. The van der Waals surface area contributed by atoms with Crippen molar-refractivity contribution >= 4 is 17.5 Å². The van der Waals surface area contributed by atoms with Gasteiger partial charge in [-0.2, -0.15) is 4.98 Å². The average Bonchev–Trinajstić information content (AvgIpc) is 3.32. The molecule has 5 rings (SSSR count). The van der Waals surface area contributed by atoms with Crippen molar-refractivity contribution in [2.24, 2.45) is 0 Å². The van der Waals surface area contributed by atoms with Crippen LogP contribution in [0.5, 0.6) is 5.75 Å². The first kappa shape index (κ1) is 25.2. The summed E-state index contributed by atoms with van der Waals surface area (Å²) in [6.07, 6.45) is 0. The summed E-state index contributed by atoms with van der Waals surface area (Å²) in [7, 11) is 1.54. The Hall–Kier alpha value is -4.46. The van der Waals surface area contributed by atoms with Crippen LogP contribution in [0.25, 0.3) is 11.4 Å². The van der Waals surface area contributed by atoms with Crippen molar-refractivity contribution in [1.29, 1.82) is 0 Å². The Morgan fingerprint density at radius 3 is 2.39 bits per heavy atom. The zero-order valence-corrected chi connectivity index (χ0v) is 22.0. The number of hydrogen-bond acceptors (Lipinski definition) is 5. The highest BCUT2D eigenvalue weighted by Crippen LogP contribution is 2.38. The number of fused-ring (bicyclic) bond motifs is 1. The van der Waals surface area contributed by atoms with Crippen molar-refractivity contribution < 1.29 is 13.9 Å². The van der Waals surface area contributed by atoms with Crippen molar-refractivity contribution in [2.75, 3.05) is 17.7 Å². The number of carbonyl (C=O) groups is 1. The number of carbonyl (C=O) groups excluding carboxylic acids is 1. The van der Waals surface area contributed by atoms with E-state index in [0.717, 1.165) is 5.56 Å². The number of hydrogen-bond donors (Lipinski definition) is 2. The predicted octanol–water partition coefficient (Wildman–Crippen LogP) is 6.32. The fourth-order valence-electron chi connectivity index (χ4n) is 4.61. The molecule has 1 aliphatic rings. The van der Waals surface area contributed by atoms with E-state index in [2.05, 4.69) is 43.5 Å². The van der Waals surface area contributed by atoms with Gasteiger partial charge in [-0.1, -0.05) is 75.4 Å². The van der Waals surface area contributed by atoms with E-state index in [4.69, 9.17) is 14.8 Å². The summed E-state index contributed by atoms with van der Waals surface area (Å²) in [4.78, 5) is 18.4. The van der Waals surface area contributed by atoms with Gasteiger partial charge in [0.05, 0.1) is 18.4 Å². The number of aromatic nitrogens is 3. The van der Waals surface area contributed by atoms with Gasteiger partial charge in [-0.05, 0) is 36.1 Å². The van der Waals surface area contributed by atoms with E-state index in [0.29, 0.717) is 40.0 Å². The average molecular weight is 512 g/mol. The summed E-state index contributed by atoms with van der Waals surface area (Å²) < 4.78 is 22.2. The monoisotopic (exact) mass is 511 g/mol. The largest absolute Gasteiger partial charge is 0.495 e. The third-order valence-corrected chi connectivity index (χ3v) is 6.66. The smallest absolute Gasteiger partial charge is 0.255 e. The minimum absolute atomic E-state index is 0.0155. The number of allylic oxidation sites excluding steroid dienone is 1. The molecule has 0 spiro atoms. The molecule has 0 bridgehead atoms. The molecule has 2 N–H and O–H groups in total. The summed E-state index contributed by atoms with van der Waals surface area (Å²) in [5.41, 5.74) is 3.75. The summed E-state index contributed by atoms with van der Waals surface area (Å²) >= 11 is 0. The number of methoxy groups -OCH3 is 1. The fraction of sp³-hybridized carbons (Fsp3) is 0.233. The normalized spacial score (nSPS) is 15.1. The molecule has 0 saturated carbocycles. The Bertz CT molecular complexity index is 1530. The molecule has 2 heterocycles. The van der Waals surface area contributed by atoms with Crippen LogP contribution in [0.1, 0.15) is 44.9 Å². The maximum atomic E-state index is 15.2. The second-order valence-corrected chi connectivity index (χ2v) is 10.3. The van der Waals surface area contributed by atoms with Crippen LogP contribution in [-0.2, 0) is 10.2 Å². The van der Waals surface area contributed by atoms with Gasteiger partial charge in [-0.15, -0.1) is 5.10 Å². The van der Waals surface area contributed by atoms with Crippen LogP contribution >= 0.6 is 0 Å². The standard InChI is InChI=1S/C30H30FN5O2/c1-18-25(28(37)33-23-12-8-9-13-24(23)38-5)26(21-10-6-7-11-22(21)31)36-29(32-18)34-27(35-36)19-14-16-20(17-15-19)30(2,3)4/h6-17,26H,1-5H3,(H,33,37)(H,32,34,35). The third-order valence-electron chi connectivity index (χ3n) is 6.66. The number of para-hydroxylation sites is 2. The van der Waals surface area contributed by atoms with E-state index in [9.17, 15) is 4.79 Å². The number of benzene rings is 3. The quantitative estimate of drug-likeness (QED) is 0.328. The number of nitrogens with one attached hydrogen (secondary N) is 2. The molecular formula is C30H30FN5O2. The van der Waals surface area contributed by atoms with Crippen LogP contribution in [0, 0.1) is 5.82 Å². The highest BCUT2D eigenvalue weighted by Gasteiger charge is 2.36. The van der Waals surface area contributed by atoms with Crippen molar-refractivity contribution in [3.8, 4) is 17.1 Å². The highest BCUT2D eigenvalue weighted by atomic mass is 19.1. The van der Waals surface area contributed by atoms with Crippen LogP contribution < -0.4 is 15.4 Å². The number of rotatable bonds is 5. The zero-order valence-electron chi connectivity index (χ0n) is 22.0. The van der Waals surface area contributed by atoms with Crippen LogP contribution in [0.15, 0.2) is 84.1 Å². The number of anilines is 2.